The SMILES string of the molecule is CC(C)=NO[C@@H]1CCCC[C@H]1O. The lowest BCUT2D eigenvalue weighted by molar-refractivity contribution is -0.0571. The maximum Gasteiger partial charge on any atom is 0.153 e. The van der Waals surface area contributed by atoms with Crippen LogP contribution in [0.4, 0.5) is 0 Å². The normalized spacial score (nSPS) is 29.6. The third kappa shape index (κ3) is 2.81. The molecular formula is C9H17NO2. The van der Waals surface area contributed by atoms with Gasteiger partial charge < -0.3 is 9.94 Å². The fraction of sp³-hybridized carbons (Fsp3) is 0.889. The van der Waals surface area contributed by atoms with Gasteiger partial charge in [0.25, 0.3) is 0 Å². The van der Waals surface area contributed by atoms with Crippen LogP contribution < -0.4 is 0 Å². The number of hydrogen-bond donors (Lipinski definition) is 1. The summed E-state index contributed by atoms with van der Waals surface area (Å²) in [6, 6.07) is 0. The molecule has 0 aromatic rings. The quantitative estimate of drug-likeness (QED) is 0.507. The molecule has 0 radical (unpaired) electrons. The van der Waals surface area contributed by atoms with Crippen molar-refractivity contribution in [1.29, 1.82) is 0 Å². The zero-order chi connectivity index (χ0) is 8.97. The van der Waals surface area contributed by atoms with Gasteiger partial charge >= 0.3 is 0 Å². The van der Waals surface area contributed by atoms with Gasteiger partial charge in [-0.3, -0.25) is 0 Å². The van der Waals surface area contributed by atoms with Crippen molar-refractivity contribution < 1.29 is 9.94 Å². The Kier molecular flexibility index (Phi) is 3.53. The lowest BCUT2D eigenvalue weighted by Gasteiger charge is -2.25. The van der Waals surface area contributed by atoms with E-state index in [1.54, 1.807) is 0 Å². The second kappa shape index (κ2) is 4.45. The fourth-order valence-electron chi connectivity index (χ4n) is 1.37. The average molecular weight is 171 g/mol. The number of aliphatic hydroxyl groups is 1. The number of hydrogen-bond acceptors (Lipinski definition) is 3. The van der Waals surface area contributed by atoms with Crippen LogP contribution in [0.25, 0.3) is 0 Å². The van der Waals surface area contributed by atoms with Crippen LogP contribution in [0.1, 0.15) is 39.5 Å². The van der Waals surface area contributed by atoms with E-state index < -0.39 is 0 Å². The van der Waals surface area contributed by atoms with E-state index in [9.17, 15) is 5.11 Å². The number of oxime groups is 1. The zero-order valence-corrected chi connectivity index (χ0v) is 7.79. The van der Waals surface area contributed by atoms with E-state index in [4.69, 9.17) is 4.84 Å². The van der Waals surface area contributed by atoms with Crippen LogP contribution in [-0.2, 0) is 4.84 Å². The van der Waals surface area contributed by atoms with Crippen LogP contribution in [0.5, 0.6) is 0 Å². The van der Waals surface area contributed by atoms with Crippen molar-refractivity contribution in [2.75, 3.05) is 0 Å². The second-order valence-corrected chi connectivity index (χ2v) is 3.53. The molecule has 0 heterocycles. The van der Waals surface area contributed by atoms with Gasteiger partial charge in [-0.15, -0.1) is 0 Å². The van der Waals surface area contributed by atoms with Crippen LogP contribution >= 0.6 is 0 Å². The molecule has 0 amide bonds. The van der Waals surface area contributed by atoms with Crippen LogP contribution in [-0.4, -0.2) is 23.0 Å². The minimum absolute atomic E-state index is 0.0753. The van der Waals surface area contributed by atoms with Crippen molar-refractivity contribution in [1.82, 2.24) is 0 Å². The van der Waals surface area contributed by atoms with Crippen molar-refractivity contribution in [3.05, 3.63) is 0 Å². The molecule has 0 saturated heterocycles. The highest BCUT2D eigenvalue weighted by Crippen LogP contribution is 2.21. The van der Waals surface area contributed by atoms with Gasteiger partial charge in [0.05, 0.1) is 11.8 Å². The third-order valence-corrected chi connectivity index (χ3v) is 2.04. The summed E-state index contributed by atoms with van der Waals surface area (Å²) in [6.07, 6.45) is 3.63. The molecule has 0 spiro atoms. The van der Waals surface area contributed by atoms with Crippen LogP contribution in [0.2, 0.25) is 0 Å². The summed E-state index contributed by atoms with van der Waals surface area (Å²) in [5.74, 6) is 0. The summed E-state index contributed by atoms with van der Waals surface area (Å²) in [4.78, 5) is 5.19. The molecular weight excluding hydrogens is 154 g/mol. The first-order valence-electron chi connectivity index (χ1n) is 4.55. The van der Waals surface area contributed by atoms with E-state index in [-0.39, 0.29) is 12.2 Å². The second-order valence-electron chi connectivity index (χ2n) is 3.53. The molecule has 0 bridgehead atoms. The molecule has 0 aromatic heterocycles. The van der Waals surface area contributed by atoms with Crippen LogP contribution in [0.15, 0.2) is 5.16 Å². The van der Waals surface area contributed by atoms with E-state index in [2.05, 4.69) is 5.16 Å². The smallest absolute Gasteiger partial charge is 0.153 e. The highest BCUT2D eigenvalue weighted by Gasteiger charge is 2.24. The number of nitrogens with zero attached hydrogens (tertiary/aromatic N) is 1. The molecule has 0 aliphatic heterocycles. The van der Waals surface area contributed by atoms with Crippen molar-refractivity contribution in [3.63, 3.8) is 0 Å². The van der Waals surface area contributed by atoms with E-state index in [1.165, 1.54) is 0 Å². The maximum atomic E-state index is 9.49. The van der Waals surface area contributed by atoms with Gasteiger partial charge in [-0.2, -0.15) is 0 Å². The Labute approximate surface area is 73.4 Å². The zero-order valence-electron chi connectivity index (χ0n) is 7.79. The lowest BCUT2D eigenvalue weighted by Crippen LogP contribution is -2.31. The summed E-state index contributed by atoms with van der Waals surface area (Å²) in [6.45, 7) is 3.77. The molecule has 0 unspecified atom stereocenters. The Morgan fingerprint density at radius 1 is 1.33 bits per heavy atom. The van der Waals surface area contributed by atoms with Crippen molar-refractivity contribution in [2.45, 2.75) is 51.7 Å². The van der Waals surface area contributed by atoms with Gasteiger partial charge in [0, 0.05) is 0 Å². The Morgan fingerprint density at radius 3 is 2.58 bits per heavy atom. The Morgan fingerprint density at radius 2 is 2.00 bits per heavy atom. The minimum atomic E-state index is -0.318. The first-order chi connectivity index (χ1) is 5.70. The molecule has 1 N–H and O–H groups in total. The standard InChI is InChI=1S/C9H17NO2/c1-7(2)10-12-9-6-4-3-5-8(9)11/h8-9,11H,3-6H2,1-2H3/t8-,9-/m1/s1. The molecule has 12 heavy (non-hydrogen) atoms. The largest absolute Gasteiger partial charge is 0.390 e. The maximum absolute atomic E-state index is 9.49. The van der Waals surface area contributed by atoms with Gasteiger partial charge in [0.1, 0.15) is 0 Å². The molecule has 3 heteroatoms. The Hall–Kier alpha value is -0.570. The number of aliphatic hydroxyl groups excluding tert-OH is 1. The number of rotatable bonds is 2. The lowest BCUT2D eigenvalue weighted by atomic mass is 9.95. The molecule has 1 fully saturated rings. The molecule has 1 aliphatic rings. The van der Waals surface area contributed by atoms with Gasteiger partial charge in [0.2, 0.25) is 0 Å². The summed E-state index contributed by atoms with van der Waals surface area (Å²) in [5.41, 5.74) is 0.896. The molecule has 1 saturated carbocycles. The highest BCUT2D eigenvalue weighted by atomic mass is 16.6. The first kappa shape index (κ1) is 9.52. The predicted molar refractivity (Wildman–Crippen MR) is 48.1 cm³/mol. The molecule has 2 atom stereocenters. The summed E-state index contributed by atoms with van der Waals surface area (Å²) >= 11 is 0. The first-order valence-corrected chi connectivity index (χ1v) is 4.55. The molecule has 70 valence electrons. The summed E-state index contributed by atoms with van der Waals surface area (Å²) in [7, 11) is 0. The molecule has 1 rings (SSSR count). The van der Waals surface area contributed by atoms with E-state index in [0.717, 1.165) is 31.4 Å². The minimum Gasteiger partial charge on any atom is -0.390 e. The average Bonchev–Trinajstić information content (AvgIpc) is 2.03. The Balaban J connectivity index is 2.34. The monoisotopic (exact) mass is 171 g/mol. The van der Waals surface area contributed by atoms with Crippen molar-refractivity contribution in [2.24, 2.45) is 5.16 Å². The van der Waals surface area contributed by atoms with Gasteiger partial charge in [-0.1, -0.05) is 11.6 Å². The third-order valence-electron chi connectivity index (χ3n) is 2.04. The summed E-state index contributed by atoms with van der Waals surface area (Å²) in [5, 5.41) is 13.3. The van der Waals surface area contributed by atoms with E-state index in [0.29, 0.717) is 0 Å². The van der Waals surface area contributed by atoms with Gasteiger partial charge in [-0.25, -0.2) is 0 Å². The molecule has 1 aliphatic carbocycles. The van der Waals surface area contributed by atoms with Gasteiger partial charge in [0.15, 0.2) is 6.10 Å². The Bertz CT molecular complexity index is 164. The molecule has 0 aromatic carbocycles. The van der Waals surface area contributed by atoms with Crippen molar-refractivity contribution >= 4 is 5.71 Å². The van der Waals surface area contributed by atoms with Gasteiger partial charge in [-0.05, 0) is 33.1 Å². The summed E-state index contributed by atoms with van der Waals surface area (Å²) < 4.78 is 0. The molecule has 3 nitrogen and oxygen atoms in total. The van der Waals surface area contributed by atoms with Crippen LogP contribution in [0.3, 0.4) is 0 Å². The highest BCUT2D eigenvalue weighted by molar-refractivity contribution is 5.78. The van der Waals surface area contributed by atoms with Crippen molar-refractivity contribution in [3.8, 4) is 0 Å². The fourth-order valence-corrected chi connectivity index (χ4v) is 1.37. The van der Waals surface area contributed by atoms with Crippen LogP contribution in [0, 0.1) is 0 Å². The van der Waals surface area contributed by atoms with E-state index in [1.807, 2.05) is 13.8 Å². The topological polar surface area (TPSA) is 41.8 Å². The van der Waals surface area contributed by atoms with E-state index >= 15 is 0 Å². The predicted octanol–water partition coefficient (Wildman–Crippen LogP) is 1.70.